The fourth-order valence-electron chi connectivity index (χ4n) is 3.35. The van der Waals surface area contributed by atoms with E-state index in [0.717, 1.165) is 18.5 Å². The highest BCUT2D eigenvalue weighted by Gasteiger charge is 2.38. The highest BCUT2D eigenvalue weighted by atomic mass is 32.2. The molecule has 0 radical (unpaired) electrons. The summed E-state index contributed by atoms with van der Waals surface area (Å²) in [5.74, 6) is -0.201. The fourth-order valence-corrected chi connectivity index (χ4v) is 4.68. The van der Waals surface area contributed by atoms with Gasteiger partial charge in [-0.05, 0) is 55.7 Å². The van der Waals surface area contributed by atoms with E-state index >= 15 is 0 Å². The summed E-state index contributed by atoms with van der Waals surface area (Å²) in [5, 5.41) is 9.08. The fraction of sp³-hybridized carbons (Fsp3) is 0.611. The minimum atomic E-state index is -3.52. The van der Waals surface area contributed by atoms with Crippen LogP contribution in [-0.4, -0.2) is 49.6 Å². The molecule has 2 fully saturated rings. The van der Waals surface area contributed by atoms with Crippen molar-refractivity contribution >= 4 is 16.0 Å². The Morgan fingerprint density at radius 1 is 1.32 bits per heavy atom. The van der Waals surface area contributed by atoms with E-state index in [2.05, 4.69) is 4.72 Å². The van der Waals surface area contributed by atoms with E-state index in [1.165, 1.54) is 12.8 Å². The van der Waals surface area contributed by atoms with Crippen LogP contribution in [0.25, 0.3) is 0 Å². The number of hydrogen-bond donors (Lipinski definition) is 2. The summed E-state index contributed by atoms with van der Waals surface area (Å²) in [6, 6.07) is 7.05. The summed E-state index contributed by atoms with van der Waals surface area (Å²) in [6.45, 7) is 2.85. The van der Waals surface area contributed by atoms with Gasteiger partial charge in [-0.2, -0.15) is 0 Å². The van der Waals surface area contributed by atoms with Crippen molar-refractivity contribution in [2.24, 2.45) is 5.92 Å². The molecule has 2 aliphatic carbocycles. The zero-order chi connectivity index (χ0) is 18.0. The van der Waals surface area contributed by atoms with Crippen LogP contribution in [0, 0.1) is 5.92 Å². The minimum absolute atomic E-state index is 0.0409. The molecule has 0 spiro atoms. The lowest BCUT2D eigenvalue weighted by atomic mass is 9.86. The molecule has 0 aliphatic heterocycles. The molecule has 2 N–H and O–H groups in total. The smallest absolute Gasteiger partial charge is 0.317 e. The van der Waals surface area contributed by atoms with Gasteiger partial charge in [-0.1, -0.05) is 19.1 Å². The Hall–Kier alpha value is -1.44. The summed E-state index contributed by atoms with van der Waals surface area (Å²) in [6.07, 6.45) is 4.49. The molecule has 138 valence electrons. The maximum Gasteiger partial charge on any atom is 0.317 e. The molecule has 0 unspecified atom stereocenters. The van der Waals surface area contributed by atoms with Gasteiger partial charge in [0.25, 0.3) is 0 Å². The second-order valence-corrected chi connectivity index (χ2v) is 8.92. The van der Waals surface area contributed by atoms with Crippen molar-refractivity contribution < 1.29 is 18.3 Å². The maximum atomic E-state index is 12.5. The third-order valence-corrected chi connectivity index (χ3v) is 6.61. The number of nitrogens with one attached hydrogen (secondary N) is 1. The first-order valence-electron chi connectivity index (χ1n) is 8.94. The van der Waals surface area contributed by atoms with Gasteiger partial charge in [0.1, 0.15) is 0 Å². The first-order valence-corrected chi connectivity index (χ1v) is 10.4. The molecular weight excluding hydrogens is 340 g/mol. The molecular formula is C18H26N2O4S. The zero-order valence-corrected chi connectivity index (χ0v) is 15.3. The van der Waals surface area contributed by atoms with Gasteiger partial charge < -0.3 is 5.11 Å². The average molecular weight is 366 g/mol. The molecule has 0 bridgehead atoms. The molecule has 0 amide bonds. The molecule has 0 aromatic heterocycles. The maximum absolute atomic E-state index is 12.5. The molecule has 6 nitrogen and oxygen atoms in total. The van der Waals surface area contributed by atoms with E-state index in [1.807, 2.05) is 17.9 Å². The van der Waals surface area contributed by atoms with E-state index in [0.29, 0.717) is 23.7 Å². The number of sulfonamides is 1. The Balaban J connectivity index is 1.57. The van der Waals surface area contributed by atoms with Gasteiger partial charge in [0.2, 0.25) is 10.0 Å². The van der Waals surface area contributed by atoms with Gasteiger partial charge in [-0.3, -0.25) is 9.69 Å². The quantitative estimate of drug-likeness (QED) is 0.697. The molecule has 1 aromatic carbocycles. The van der Waals surface area contributed by atoms with Gasteiger partial charge in [0.05, 0.1) is 11.4 Å². The molecule has 1 aromatic rings. The number of rotatable bonds is 9. The van der Waals surface area contributed by atoms with Crippen molar-refractivity contribution in [3.8, 4) is 0 Å². The standard InChI is InChI=1S/C18H26N2O4S/c1-2-13-4-3-5-17(8-13)25(23,24)19-15-9-16(10-15)20(12-18(21)22)11-14-6-7-14/h3-5,8,14-16,19H,2,6-7,9-12H2,1H3,(H,21,22). The first kappa shape index (κ1) is 18.4. The molecule has 0 atom stereocenters. The Kier molecular flexibility index (Phi) is 5.46. The van der Waals surface area contributed by atoms with Crippen molar-refractivity contribution in [2.75, 3.05) is 13.1 Å². The molecule has 0 heterocycles. The topological polar surface area (TPSA) is 86.7 Å². The summed E-state index contributed by atoms with van der Waals surface area (Å²) < 4.78 is 27.8. The Morgan fingerprint density at radius 2 is 2.04 bits per heavy atom. The molecule has 0 saturated heterocycles. The van der Waals surface area contributed by atoms with Gasteiger partial charge in [0.15, 0.2) is 0 Å². The summed E-state index contributed by atoms with van der Waals surface area (Å²) in [4.78, 5) is 13.4. The van der Waals surface area contributed by atoms with Crippen LogP contribution in [0.1, 0.15) is 38.2 Å². The van der Waals surface area contributed by atoms with Crippen LogP contribution < -0.4 is 4.72 Å². The van der Waals surface area contributed by atoms with Crippen molar-refractivity contribution in [1.29, 1.82) is 0 Å². The van der Waals surface area contributed by atoms with Crippen molar-refractivity contribution in [3.05, 3.63) is 29.8 Å². The molecule has 2 saturated carbocycles. The van der Waals surface area contributed by atoms with Crippen LogP contribution in [0.5, 0.6) is 0 Å². The number of aliphatic carboxylic acids is 1. The SMILES string of the molecule is CCc1cccc(S(=O)(=O)NC2CC(N(CC(=O)O)CC3CC3)C2)c1. The van der Waals surface area contributed by atoms with E-state index in [4.69, 9.17) is 5.11 Å². The van der Waals surface area contributed by atoms with Crippen LogP contribution in [0.4, 0.5) is 0 Å². The number of carboxylic acids is 1. The van der Waals surface area contributed by atoms with E-state index in [1.54, 1.807) is 18.2 Å². The van der Waals surface area contributed by atoms with Crippen molar-refractivity contribution in [2.45, 2.75) is 56.0 Å². The zero-order valence-electron chi connectivity index (χ0n) is 14.5. The van der Waals surface area contributed by atoms with E-state index in [-0.39, 0.29) is 18.6 Å². The monoisotopic (exact) mass is 366 g/mol. The number of carbonyl (C=O) groups is 1. The highest BCUT2D eigenvalue weighted by Crippen LogP contribution is 2.34. The van der Waals surface area contributed by atoms with Crippen LogP contribution in [0.3, 0.4) is 0 Å². The third-order valence-electron chi connectivity index (χ3n) is 5.10. The number of aryl methyl sites for hydroxylation is 1. The molecule has 2 aliphatic rings. The van der Waals surface area contributed by atoms with E-state index < -0.39 is 16.0 Å². The lowest BCUT2D eigenvalue weighted by Gasteiger charge is -2.42. The number of benzene rings is 1. The summed E-state index contributed by atoms with van der Waals surface area (Å²) >= 11 is 0. The lowest BCUT2D eigenvalue weighted by Crippen LogP contribution is -2.55. The van der Waals surface area contributed by atoms with Gasteiger partial charge >= 0.3 is 5.97 Å². The third kappa shape index (κ3) is 4.80. The van der Waals surface area contributed by atoms with Gasteiger partial charge in [-0.25, -0.2) is 13.1 Å². The Labute approximate surface area is 149 Å². The van der Waals surface area contributed by atoms with Crippen LogP contribution in [0.15, 0.2) is 29.2 Å². The van der Waals surface area contributed by atoms with Crippen molar-refractivity contribution in [3.63, 3.8) is 0 Å². The second-order valence-electron chi connectivity index (χ2n) is 7.21. The number of nitrogens with zero attached hydrogens (tertiary/aromatic N) is 1. The van der Waals surface area contributed by atoms with Crippen LogP contribution in [-0.2, 0) is 21.2 Å². The number of hydrogen-bond acceptors (Lipinski definition) is 4. The second kappa shape index (κ2) is 7.43. The summed E-state index contributed by atoms with van der Waals surface area (Å²) in [5.41, 5.74) is 0.992. The van der Waals surface area contributed by atoms with Gasteiger partial charge in [-0.15, -0.1) is 0 Å². The largest absolute Gasteiger partial charge is 0.480 e. The van der Waals surface area contributed by atoms with Crippen LogP contribution >= 0.6 is 0 Å². The van der Waals surface area contributed by atoms with Crippen molar-refractivity contribution in [1.82, 2.24) is 9.62 Å². The molecule has 7 heteroatoms. The van der Waals surface area contributed by atoms with Crippen LogP contribution in [0.2, 0.25) is 0 Å². The molecule has 3 rings (SSSR count). The molecule has 25 heavy (non-hydrogen) atoms. The summed E-state index contributed by atoms with van der Waals surface area (Å²) in [7, 11) is -3.52. The van der Waals surface area contributed by atoms with Gasteiger partial charge in [0, 0.05) is 18.6 Å². The normalized spacial score (nSPS) is 23.4. The Morgan fingerprint density at radius 3 is 2.64 bits per heavy atom. The average Bonchev–Trinajstić information content (AvgIpc) is 3.33. The van der Waals surface area contributed by atoms with E-state index in [9.17, 15) is 13.2 Å². The Bertz CT molecular complexity index is 724. The lowest BCUT2D eigenvalue weighted by molar-refractivity contribution is -0.139. The predicted octanol–water partition coefficient (Wildman–Crippen LogP) is 1.85. The highest BCUT2D eigenvalue weighted by molar-refractivity contribution is 7.89. The predicted molar refractivity (Wildman–Crippen MR) is 94.9 cm³/mol. The number of carboxylic acid groups (broad SMARTS) is 1. The minimum Gasteiger partial charge on any atom is -0.480 e. The first-order chi connectivity index (χ1) is 11.9.